The number of ether oxygens (including phenoxy) is 1. The van der Waals surface area contributed by atoms with Gasteiger partial charge in [-0.1, -0.05) is 34.1 Å². The Bertz CT molecular complexity index is 347. The Morgan fingerprint density at radius 2 is 2.15 bits per heavy atom. The van der Waals surface area contributed by atoms with Gasteiger partial charge in [0.15, 0.2) is 0 Å². The predicted octanol–water partition coefficient (Wildman–Crippen LogP) is 4.24. The minimum Gasteiger partial charge on any atom is -0.464 e. The summed E-state index contributed by atoms with van der Waals surface area (Å²) in [5.74, 6) is 0.678. The van der Waals surface area contributed by atoms with Crippen molar-refractivity contribution in [3.63, 3.8) is 0 Å². The number of hydrogen-bond acceptors (Lipinski definition) is 1. The van der Waals surface area contributed by atoms with E-state index in [0.717, 1.165) is 15.6 Å². The average molecular weight is 262 g/mol. The van der Waals surface area contributed by atoms with Crippen molar-refractivity contribution in [3.8, 4) is 5.75 Å². The zero-order valence-corrected chi connectivity index (χ0v) is 9.87. The van der Waals surface area contributed by atoms with Crippen molar-refractivity contribution < 1.29 is 4.74 Å². The molecule has 0 aliphatic carbocycles. The van der Waals surface area contributed by atoms with E-state index in [2.05, 4.69) is 22.5 Å². The van der Waals surface area contributed by atoms with E-state index in [4.69, 9.17) is 16.3 Å². The third kappa shape index (κ3) is 2.06. The van der Waals surface area contributed by atoms with Crippen molar-refractivity contribution in [1.29, 1.82) is 0 Å². The maximum Gasteiger partial charge on any atom is 0.148 e. The molecule has 0 aliphatic rings. The highest BCUT2D eigenvalue weighted by molar-refractivity contribution is 9.10. The molecule has 3 heteroatoms. The number of rotatable bonds is 2. The van der Waals surface area contributed by atoms with Crippen LogP contribution in [0.25, 0.3) is 0 Å². The molecule has 0 saturated heterocycles. The van der Waals surface area contributed by atoms with E-state index in [0.29, 0.717) is 10.8 Å². The SMILES string of the molecule is C=COc1c(C)cc(Br)c(C)c1Cl. The van der Waals surface area contributed by atoms with Crippen LogP contribution in [0, 0.1) is 13.8 Å². The molecule has 1 rings (SSSR count). The molecule has 0 unspecified atom stereocenters. The third-order valence-electron chi connectivity index (χ3n) is 1.79. The number of aryl methyl sites for hydroxylation is 1. The molecule has 1 nitrogen and oxygen atoms in total. The summed E-state index contributed by atoms with van der Waals surface area (Å²) in [6.45, 7) is 7.37. The molecule has 0 spiro atoms. The zero-order valence-electron chi connectivity index (χ0n) is 7.53. The fourth-order valence-electron chi connectivity index (χ4n) is 1.04. The Hall–Kier alpha value is -0.470. The number of benzene rings is 1. The predicted molar refractivity (Wildman–Crippen MR) is 59.5 cm³/mol. The van der Waals surface area contributed by atoms with Crippen LogP contribution < -0.4 is 4.74 Å². The molecule has 70 valence electrons. The summed E-state index contributed by atoms with van der Waals surface area (Å²) in [5, 5.41) is 0.631. The van der Waals surface area contributed by atoms with Gasteiger partial charge in [0, 0.05) is 4.47 Å². The quantitative estimate of drug-likeness (QED) is 0.724. The van der Waals surface area contributed by atoms with Crippen molar-refractivity contribution in [1.82, 2.24) is 0 Å². The Labute approximate surface area is 91.5 Å². The first-order valence-corrected chi connectivity index (χ1v) is 4.97. The van der Waals surface area contributed by atoms with E-state index in [9.17, 15) is 0 Å². The number of hydrogen-bond donors (Lipinski definition) is 0. The molecular weight excluding hydrogens is 251 g/mol. The first-order chi connectivity index (χ1) is 6.07. The second-order valence-electron chi connectivity index (χ2n) is 2.73. The highest BCUT2D eigenvalue weighted by atomic mass is 79.9. The lowest BCUT2D eigenvalue weighted by atomic mass is 10.1. The lowest BCUT2D eigenvalue weighted by Gasteiger charge is -2.10. The Kier molecular flexibility index (Phi) is 3.40. The van der Waals surface area contributed by atoms with Gasteiger partial charge in [0.05, 0.1) is 11.3 Å². The van der Waals surface area contributed by atoms with Crippen molar-refractivity contribution in [3.05, 3.63) is 39.5 Å². The summed E-state index contributed by atoms with van der Waals surface area (Å²) < 4.78 is 6.21. The summed E-state index contributed by atoms with van der Waals surface area (Å²) >= 11 is 9.50. The molecule has 0 aliphatic heterocycles. The zero-order chi connectivity index (χ0) is 10.0. The maximum absolute atomic E-state index is 6.08. The summed E-state index contributed by atoms with van der Waals surface area (Å²) in [4.78, 5) is 0. The van der Waals surface area contributed by atoms with Gasteiger partial charge in [-0.05, 0) is 31.0 Å². The maximum atomic E-state index is 6.08. The molecule has 0 atom stereocenters. The van der Waals surface area contributed by atoms with Gasteiger partial charge >= 0.3 is 0 Å². The molecule has 1 aromatic rings. The fourth-order valence-corrected chi connectivity index (χ4v) is 1.99. The van der Waals surface area contributed by atoms with Gasteiger partial charge in [0.1, 0.15) is 5.75 Å². The van der Waals surface area contributed by atoms with E-state index in [1.165, 1.54) is 6.26 Å². The van der Waals surface area contributed by atoms with Crippen LogP contribution in [0.4, 0.5) is 0 Å². The monoisotopic (exact) mass is 260 g/mol. The van der Waals surface area contributed by atoms with Gasteiger partial charge in [-0.15, -0.1) is 0 Å². The minimum atomic E-state index is 0.631. The lowest BCUT2D eigenvalue weighted by molar-refractivity contribution is 0.479. The second-order valence-corrected chi connectivity index (χ2v) is 3.96. The van der Waals surface area contributed by atoms with Gasteiger partial charge in [0.25, 0.3) is 0 Å². The van der Waals surface area contributed by atoms with Gasteiger partial charge in [0.2, 0.25) is 0 Å². The molecule has 0 saturated carbocycles. The molecular formula is C10H10BrClO. The molecule has 0 aromatic heterocycles. The standard InChI is InChI=1S/C10H10BrClO/c1-4-13-10-6(2)5-8(11)7(3)9(10)12/h4-5H,1H2,2-3H3. The van der Waals surface area contributed by atoms with Crippen molar-refractivity contribution in [2.24, 2.45) is 0 Å². The van der Waals surface area contributed by atoms with Crippen LogP contribution in [0.1, 0.15) is 11.1 Å². The van der Waals surface area contributed by atoms with E-state index in [-0.39, 0.29) is 0 Å². The Balaban J connectivity index is 3.34. The summed E-state index contributed by atoms with van der Waals surface area (Å²) in [6.07, 6.45) is 1.38. The van der Waals surface area contributed by atoms with Crippen LogP contribution in [0.2, 0.25) is 5.02 Å². The third-order valence-corrected chi connectivity index (χ3v) is 3.07. The normalized spacial score (nSPS) is 9.85. The molecule has 0 N–H and O–H groups in total. The van der Waals surface area contributed by atoms with Crippen molar-refractivity contribution in [2.75, 3.05) is 0 Å². The molecule has 13 heavy (non-hydrogen) atoms. The largest absolute Gasteiger partial charge is 0.464 e. The molecule has 0 bridgehead atoms. The second kappa shape index (κ2) is 4.16. The summed E-state index contributed by atoms with van der Waals surface area (Å²) in [5.41, 5.74) is 1.96. The van der Waals surface area contributed by atoms with E-state index >= 15 is 0 Å². The first-order valence-electron chi connectivity index (χ1n) is 3.80. The molecule has 0 amide bonds. The van der Waals surface area contributed by atoms with Gasteiger partial charge < -0.3 is 4.74 Å². The van der Waals surface area contributed by atoms with Gasteiger partial charge in [-0.25, -0.2) is 0 Å². The molecule has 0 radical (unpaired) electrons. The van der Waals surface area contributed by atoms with Crippen LogP contribution >= 0.6 is 27.5 Å². The minimum absolute atomic E-state index is 0.631. The van der Waals surface area contributed by atoms with Crippen LogP contribution in [-0.2, 0) is 0 Å². The van der Waals surface area contributed by atoms with E-state index in [1.807, 2.05) is 19.9 Å². The average Bonchev–Trinajstić information content (AvgIpc) is 2.09. The lowest BCUT2D eigenvalue weighted by Crippen LogP contribution is -1.90. The Morgan fingerprint density at radius 3 is 2.69 bits per heavy atom. The van der Waals surface area contributed by atoms with Crippen molar-refractivity contribution >= 4 is 27.5 Å². The van der Waals surface area contributed by atoms with Gasteiger partial charge in [-0.2, -0.15) is 0 Å². The summed E-state index contributed by atoms with van der Waals surface area (Å²) in [7, 11) is 0. The van der Waals surface area contributed by atoms with Gasteiger partial charge in [-0.3, -0.25) is 0 Å². The topological polar surface area (TPSA) is 9.23 Å². The van der Waals surface area contributed by atoms with Crippen LogP contribution in [0.5, 0.6) is 5.75 Å². The highest BCUT2D eigenvalue weighted by Crippen LogP contribution is 2.36. The van der Waals surface area contributed by atoms with Crippen LogP contribution in [0.15, 0.2) is 23.4 Å². The van der Waals surface area contributed by atoms with E-state index < -0.39 is 0 Å². The Morgan fingerprint density at radius 1 is 1.54 bits per heavy atom. The smallest absolute Gasteiger partial charge is 0.148 e. The summed E-state index contributed by atoms with van der Waals surface area (Å²) in [6, 6.07) is 1.97. The molecule has 1 aromatic carbocycles. The highest BCUT2D eigenvalue weighted by Gasteiger charge is 2.10. The first kappa shape index (κ1) is 10.6. The molecule has 0 heterocycles. The van der Waals surface area contributed by atoms with Crippen molar-refractivity contribution in [2.45, 2.75) is 13.8 Å². The van der Waals surface area contributed by atoms with Crippen LogP contribution in [-0.4, -0.2) is 0 Å². The molecule has 0 fully saturated rings. The van der Waals surface area contributed by atoms with Crippen LogP contribution in [0.3, 0.4) is 0 Å². The van der Waals surface area contributed by atoms with E-state index in [1.54, 1.807) is 0 Å². The number of halogens is 2. The fraction of sp³-hybridized carbons (Fsp3) is 0.200.